The molecule has 6 heteroatoms. The standard InChI is InChI=1S/C53H74N2O4/c1-3-5-7-9-11-13-15-17-19-21-40-56-52-36-28-48(29-37-52)54-44-46-24-32-50(33-25-46)58-42-23-43-59-51-34-26-47(27-35-51)45-55-49-30-38-53(39-31-49)57-41-22-20-18-16-14-12-10-8-6-4-2/h24-39,44-45H,3-23,40-43H2,1-2H3. The number of rotatable bonds is 34. The molecule has 0 saturated heterocycles. The predicted molar refractivity (Wildman–Crippen MR) is 251 cm³/mol. The molecule has 0 spiro atoms. The van der Waals surface area contributed by atoms with E-state index in [9.17, 15) is 0 Å². The second-order valence-corrected chi connectivity index (χ2v) is 15.8. The summed E-state index contributed by atoms with van der Waals surface area (Å²) in [4.78, 5) is 9.26. The van der Waals surface area contributed by atoms with Crippen LogP contribution in [0.15, 0.2) is 107 Å². The van der Waals surface area contributed by atoms with Crippen LogP contribution in [0, 0.1) is 0 Å². The van der Waals surface area contributed by atoms with Gasteiger partial charge in [0.25, 0.3) is 0 Å². The Hall–Kier alpha value is -4.58. The maximum atomic E-state index is 5.95. The van der Waals surface area contributed by atoms with Crippen LogP contribution in [0.4, 0.5) is 11.4 Å². The van der Waals surface area contributed by atoms with Gasteiger partial charge in [0.2, 0.25) is 0 Å². The van der Waals surface area contributed by atoms with Gasteiger partial charge in [-0.2, -0.15) is 0 Å². The molecule has 0 amide bonds. The molecule has 0 aromatic heterocycles. The SMILES string of the molecule is CCCCCCCCCCCCOc1ccc(N=Cc2ccc(OCCCOc3ccc(C=Nc4ccc(OCCCCCCCCCCCC)cc4)cc3)cc2)cc1. The Morgan fingerprint density at radius 3 is 0.864 bits per heavy atom. The summed E-state index contributed by atoms with van der Waals surface area (Å²) in [6, 6.07) is 32.0. The van der Waals surface area contributed by atoms with Gasteiger partial charge in [0.05, 0.1) is 37.8 Å². The predicted octanol–water partition coefficient (Wildman–Crippen LogP) is 15.6. The van der Waals surface area contributed by atoms with Gasteiger partial charge < -0.3 is 18.9 Å². The Bertz CT molecular complexity index is 1530. The first kappa shape index (κ1) is 47.1. The lowest BCUT2D eigenvalue weighted by Gasteiger charge is -2.08. The van der Waals surface area contributed by atoms with E-state index in [2.05, 4.69) is 23.8 Å². The van der Waals surface area contributed by atoms with Crippen LogP contribution < -0.4 is 18.9 Å². The summed E-state index contributed by atoms with van der Waals surface area (Å²) in [5.41, 5.74) is 3.85. The van der Waals surface area contributed by atoms with Gasteiger partial charge in [-0.1, -0.05) is 129 Å². The highest BCUT2D eigenvalue weighted by molar-refractivity contribution is 5.82. The van der Waals surface area contributed by atoms with Crippen LogP contribution >= 0.6 is 0 Å². The van der Waals surface area contributed by atoms with Crippen molar-refractivity contribution in [2.75, 3.05) is 26.4 Å². The number of aliphatic imine (C=N–C) groups is 2. The smallest absolute Gasteiger partial charge is 0.119 e. The van der Waals surface area contributed by atoms with Gasteiger partial charge in [0.15, 0.2) is 0 Å². The molecule has 4 aromatic rings. The third kappa shape index (κ3) is 22.4. The van der Waals surface area contributed by atoms with E-state index in [1.165, 1.54) is 116 Å². The van der Waals surface area contributed by atoms with Crippen molar-refractivity contribution < 1.29 is 18.9 Å². The zero-order valence-electron chi connectivity index (χ0n) is 36.6. The molecule has 4 rings (SSSR count). The van der Waals surface area contributed by atoms with Gasteiger partial charge in [0, 0.05) is 18.9 Å². The van der Waals surface area contributed by atoms with E-state index in [-0.39, 0.29) is 0 Å². The number of unbranched alkanes of at least 4 members (excludes halogenated alkanes) is 18. The Labute approximate surface area is 357 Å². The summed E-state index contributed by atoms with van der Waals surface area (Å²) in [6.07, 6.45) is 31.2. The van der Waals surface area contributed by atoms with Gasteiger partial charge in [-0.25, -0.2) is 0 Å². The molecular weight excluding hydrogens is 729 g/mol. The second-order valence-electron chi connectivity index (χ2n) is 15.8. The Morgan fingerprint density at radius 1 is 0.305 bits per heavy atom. The fourth-order valence-electron chi connectivity index (χ4n) is 6.85. The van der Waals surface area contributed by atoms with Crippen molar-refractivity contribution in [3.05, 3.63) is 108 Å². The first-order valence-electron chi connectivity index (χ1n) is 23.2. The molecule has 0 aliphatic rings. The molecule has 0 saturated carbocycles. The summed E-state index contributed by atoms with van der Waals surface area (Å²) in [6.45, 7) is 7.26. The molecule has 0 heterocycles. The molecule has 0 aliphatic heterocycles. The van der Waals surface area contributed by atoms with E-state index >= 15 is 0 Å². The second kappa shape index (κ2) is 31.4. The molecule has 59 heavy (non-hydrogen) atoms. The number of ether oxygens (including phenoxy) is 4. The molecule has 6 nitrogen and oxygen atoms in total. The van der Waals surface area contributed by atoms with Crippen LogP contribution in [-0.4, -0.2) is 38.9 Å². The molecule has 0 atom stereocenters. The first-order valence-corrected chi connectivity index (χ1v) is 23.2. The number of hydrogen-bond donors (Lipinski definition) is 0. The van der Waals surface area contributed by atoms with Crippen molar-refractivity contribution in [1.82, 2.24) is 0 Å². The fraction of sp³-hybridized carbons (Fsp3) is 0.509. The van der Waals surface area contributed by atoms with Gasteiger partial charge in [0.1, 0.15) is 23.0 Å². The van der Waals surface area contributed by atoms with Crippen molar-refractivity contribution in [3.8, 4) is 23.0 Å². The van der Waals surface area contributed by atoms with Crippen molar-refractivity contribution in [3.63, 3.8) is 0 Å². The first-order chi connectivity index (χ1) is 29.2. The van der Waals surface area contributed by atoms with Crippen molar-refractivity contribution in [1.29, 1.82) is 0 Å². The topological polar surface area (TPSA) is 61.6 Å². The average molecular weight is 803 g/mol. The zero-order valence-corrected chi connectivity index (χ0v) is 36.6. The summed E-state index contributed by atoms with van der Waals surface area (Å²) in [5, 5.41) is 0. The highest BCUT2D eigenvalue weighted by Crippen LogP contribution is 2.21. The Morgan fingerprint density at radius 2 is 0.559 bits per heavy atom. The number of benzene rings is 4. The molecule has 320 valence electrons. The summed E-state index contributed by atoms with van der Waals surface area (Å²) in [7, 11) is 0. The van der Waals surface area contributed by atoms with Gasteiger partial charge in [-0.15, -0.1) is 0 Å². The van der Waals surface area contributed by atoms with Crippen LogP contribution in [-0.2, 0) is 0 Å². The fourth-order valence-corrected chi connectivity index (χ4v) is 6.85. The monoisotopic (exact) mass is 803 g/mol. The van der Waals surface area contributed by atoms with E-state index in [0.717, 1.165) is 78.0 Å². The van der Waals surface area contributed by atoms with Crippen molar-refractivity contribution >= 4 is 23.8 Å². The van der Waals surface area contributed by atoms with Crippen LogP contribution in [0.25, 0.3) is 0 Å². The zero-order chi connectivity index (χ0) is 41.3. The van der Waals surface area contributed by atoms with Crippen LogP contribution in [0.3, 0.4) is 0 Å². The van der Waals surface area contributed by atoms with Crippen LogP contribution in [0.1, 0.15) is 160 Å². The lowest BCUT2D eigenvalue weighted by atomic mass is 10.1. The molecule has 0 bridgehead atoms. The van der Waals surface area contributed by atoms with Gasteiger partial charge in [-0.05, 0) is 121 Å². The minimum atomic E-state index is 0.578. The van der Waals surface area contributed by atoms with E-state index in [4.69, 9.17) is 18.9 Å². The minimum Gasteiger partial charge on any atom is -0.494 e. The van der Waals surface area contributed by atoms with Crippen molar-refractivity contribution in [2.24, 2.45) is 9.98 Å². The van der Waals surface area contributed by atoms with Gasteiger partial charge >= 0.3 is 0 Å². The molecule has 0 radical (unpaired) electrons. The van der Waals surface area contributed by atoms with E-state index in [0.29, 0.717) is 13.2 Å². The normalized spacial score (nSPS) is 11.4. The summed E-state index contributed by atoms with van der Waals surface area (Å²) in [5.74, 6) is 3.48. The molecule has 4 aromatic carbocycles. The maximum absolute atomic E-state index is 5.95. The Kier molecular flexibility index (Phi) is 25.0. The summed E-state index contributed by atoms with van der Waals surface area (Å²) < 4.78 is 23.8. The van der Waals surface area contributed by atoms with E-state index in [1.807, 2.05) is 109 Å². The number of hydrogen-bond acceptors (Lipinski definition) is 6. The molecule has 0 N–H and O–H groups in total. The van der Waals surface area contributed by atoms with Crippen LogP contribution in [0.5, 0.6) is 23.0 Å². The van der Waals surface area contributed by atoms with Gasteiger partial charge in [-0.3, -0.25) is 9.98 Å². The lowest BCUT2D eigenvalue weighted by Crippen LogP contribution is -2.05. The summed E-state index contributed by atoms with van der Waals surface area (Å²) >= 11 is 0. The van der Waals surface area contributed by atoms with E-state index < -0.39 is 0 Å². The lowest BCUT2D eigenvalue weighted by molar-refractivity contribution is 0.247. The quantitative estimate of drug-likeness (QED) is 0.0349. The van der Waals surface area contributed by atoms with Crippen molar-refractivity contribution in [2.45, 2.75) is 149 Å². The molecular formula is C53H74N2O4. The maximum Gasteiger partial charge on any atom is 0.119 e. The average Bonchev–Trinajstić information content (AvgIpc) is 3.27. The minimum absolute atomic E-state index is 0.578. The largest absolute Gasteiger partial charge is 0.494 e. The van der Waals surface area contributed by atoms with Crippen LogP contribution in [0.2, 0.25) is 0 Å². The number of nitrogens with zero attached hydrogens (tertiary/aromatic N) is 2. The third-order valence-corrected chi connectivity index (χ3v) is 10.5. The molecule has 0 unspecified atom stereocenters. The highest BCUT2D eigenvalue weighted by Gasteiger charge is 2.01. The third-order valence-electron chi connectivity index (χ3n) is 10.5. The highest BCUT2D eigenvalue weighted by atomic mass is 16.5. The van der Waals surface area contributed by atoms with E-state index in [1.54, 1.807) is 0 Å². The molecule has 0 fully saturated rings. The molecule has 0 aliphatic carbocycles. The Balaban J connectivity index is 1.01.